The van der Waals surface area contributed by atoms with Gasteiger partial charge in [-0.15, -0.1) is 0 Å². The van der Waals surface area contributed by atoms with E-state index in [1.165, 1.54) is 0 Å². The van der Waals surface area contributed by atoms with E-state index >= 15 is 0 Å². The molecular weight excluding hydrogens is 196 g/mol. The lowest BCUT2D eigenvalue weighted by molar-refractivity contribution is -0.140. The van der Waals surface area contributed by atoms with E-state index in [0.717, 1.165) is 25.9 Å². The average molecular weight is 214 g/mol. The molecule has 4 heteroatoms. The lowest BCUT2D eigenvalue weighted by atomic mass is 9.89. The van der Waals surface area contributed by atoms with Gasteiger partial charge in [0.1, 0.15) is 0 Å². The number of carboxylic acids is 1. The van der Waals surface area contributed by atoms with Crippen molar-refractivity contribution in [1.82, 2.24) is 0 Å². The summed E-state index contributed by atoms with van der Waals surface area (Å²) in [6.45, 7) is 3.25. The van der Waals surface area contributed by atoms with Crippen molar-refractivity contribution in [2.75, 3.05) is 13.2 Å². The minimum atomic E-state index is -0.799. The van der Waals surface area contributed by atoms with Gasteiger partial charge in [0.15, 0.2) is 0 Å². The molecule has 0 spiro atoms. The van der Waals surface area contributed by atoms with Gasteiger partial charge in [-0.2, -0.15) is 0 Å². The van der Waals surface area contributed by atoms with E-state index in [1.807, 2.05) is 6.92 Å². The minimum Gasteiger partial charge on any atom is -0.481 e. The Morgan fingerprint density at radius 2 is 2.53 bits per heavy atom. The molecule has 4 nitrogen and oxygen atoms in total. The van der Waals surface area contributed by atoms with Gasteiger partial charge in [-0.1, -0.05) is 0 Å². The molecule has 1 aliphatic heterocycles. The van der Waals surface area contributed by atoms with Crippen LogP contribution >= 0.6 is 0 Å². The molecule has 2 unspecified atom stereocenters. The molecule has 1 saturated carbocycles. The van der Waals surface area contributed by atoms with Crippen LogP contribution in [0.1, 0.15) is 32.6 Å². The number of fused-ring (bicyclic) bond motifs is 2. The first-order valence-corrected chi connectivity index (χ1v) is 5.55. The Labute approximate surface area is 89.6 Å². The largest absolute Gasteiger partial charge is 0.481 e. The third-order valence-corrected chi connectivity index (χ3v) is 3.42. The molecule has 15 heavy (non-hydrogen) atoms. The molecule has 0 radical (unpaired) electrons. The molecule has 1 saturated heterocycles. The highest BCUT2D eigenvalue weighted by atomic mass is 16.5. The SMILES string of the molecule is C[C@H](CC(=O)O)OCC12CCC(C1)OC2. The number of hydrogen-bond acceptors (Lipinski definition) is 3. The number of ether oxygens (including phenoxy) is 2. The molecule has 0 amide bonds. The van der Waals surface area contributed by atoms with Gasteiger partial charge >= 0.3 is 5.97 Å². The summed E-state index contributed by atoms with van der Waals surface area (Å²) in [7, 11) is 0. The molecule has 2 bridgehead atoms. The van der Waals surface area contributed by atoms with Gasteiger partial charge < -0.3 is 14.6 Å². The van der Waals surface area contributed by atoms with Crippen LogP contribution in [-0.4, -0.2) is 36.5 Å². The Morgan fingerprint density at radius 1 is 1.73 bits per heavy atom. The highest BCUT2D eigenvalue weighted by molar-refractivity contribution is 5.67. The second-order valence-corrected chi connectivity index (χ2v) is 4.90. The van der Waals surface area contributed by atoms with E-state index in [9.17, 15) is 4.79 Å². The van der Waals surface area contributed by atoms with E-state index in [2.05, 4.69) is 0 Å². The van der Waals surface area contributed by atoms with Crippen LogP contribution in [0.15, 0.2) is 0 Å². The van der Waals surface area contributed by atoms with Gasteiger partial charge in [0.05, 0.1) is 31.8 Å². The Hall–Kier alpha value is -0.610. The smallest absolute Gasteiger partial charge is 0.305 e. The standard InChI is InChI=1S/C11H18O4/c1-8(4-10(12)13)14-6-11-3-2-9(5-11)15-7-11/h8-9H,2-7H2,1H3,(H,12,13)/t8-,9?,11?/m1/s1. The van der Waals surface area contributed by atoms with Gasteiger partial charge in [0, 0.05) is 5.41 Å². The Balaban J connectivity index is 1.75. The van der Waals surface area contributed by atoms with E-state index in [4.69, 9.17) is 14.6 Å². The van der Waals surface area contributed by atoms with Crippen molar-refractivity contribution < 1.29 is 19.4 Å². The average Bonchev–Trinajstić information content (AvgIpc) is 2.74. The monoisotopic (exact) mass is 214 g/mol. The van der Waals surface area contributed by atoms with Crippen molar-refractivity contribution in [3.05, 3.63) is 0 Å². The van der Waals surface area contributed by atoms with Crippen molar-refractivity contribution in [3.63, 3.8) is 0 Å². The van der Waals surface area contributed by atoms with E-state index in [0.29, 0.717) is 12.7 Å². The molecule has 2 fully saturated rings. The highest BCUT2D eigenvalue weighted by Crippen LogP contribution is 2.46. The molecule has 0 aromatic rings. The molecule has 2 aliphatic rings. The van der Waals surface area contributed by atoms with Crippen molar-refractivity contribution in [2.24, 2.45) is 5.41 Å². The number of rotatable bonds is 5. The van der Waals surface area contributed by atoms with Crippen LogP contribution < -0.4 is 0 Å². The maximum atomic E-state index is 10.5. The predicted octanol–water partition coefficient (Wildman–Crippen LogP) is 1.44. The molecule has 86 valence electrons. The van der Waals surface area contributed by atoms with Crippen LogP contribution in [0.2, 0.25) is 0 Å². The summed E-state index contributed by atoms with van der Waals surface area (Å²) in [6, 6.07) is 0. The van der Waals surface area contributed by atoms with Gasteiger partial charge in [-0.3, -0.25) is 4.79 Å². The molecule has 3 atom stereocenters. The summed E-state index contributed by atoms with van der Waals surface area (Å²) in [6.07, 6.45) is 3.71. The predicted molar refractivity (Wildman–Crippen MR) is 53.7 cm³/mol. The molecule has 0 aromatic heterocycles. The second-order valence-electron chi connectivity index (χ2n) is 4.90. The topological polar surface area (TPSA) is 55.8 Å². The number of hydrogen-bond donors (Lipinski definition) is 1. The van der Waals surface area contributed by atoms with Crippen molar-refractivity contribution in [3.8, 4) is 0 Å². The Morgan fingerprint density at radius 3 is 3.00 bits per heavy atom. The van der Waals surface area contributed by atoms with Crippen LogP contribution in [0.25, 0.3) is 0 Å². The summed E-state index contributed by atoms with van der Waals surface area (Å²) >= 11 is 0. The number of aliphatic carboxylic acids is 1. The molecule has 1 N–H and O–H groups in total. The van der Waals surface area contributed by atoms with Crippen LogP contribution in [0.5, 0.6) is 0 Å². The fraction of sp³-hybridized carbons (Fsp3) is 0.909. The van der Waals surface area contributed by atoms with Crippen LogP contribution in [0, 0.1) is 5.41 Å². The first kappa shape index (κ1) is 10.9. The molecule has 1 heterocycles. The van der Waals surface area contributed by atoms with Crippen LogP contribution in [0.4, 0.5) is 0 Å². The maximum absolute atomic E-state index is 10.5. The van der Waals surface area contributed by atoms with Crippen molar-refractivity contribution >= 4 is 5.97 Å². The fourth-order valence-electron chi connectivity index (χ4n) is 2.52. The summed E-state index contributed by atoms with van der Waals surface area (Å²) in [5, 5.41) is 8.60. The summed E-state index contributed by atoms with van der Waals surface area (Å²) < 4.78 is 11.2. The number of carboxylic acid groups (broad SMARTS) is 1. The molecule has 2 rings (SSSR count). The Kier molecular flexibility index (Phi) is 2.98. The maximum Gasteiger partial charge on any atom is 0.305 e. The van der Waals surface area contributed by atoms with E-state index < -0.39 is 5.97 Å². The number of carbonyl (C=O) groups is 1. The van der Waals surface area contributed by atoms with Crippen molar-refractivity contribution in [2.45, 2.75) is 44.8 Å². The zero-order valence-electron chi connectivity index (χ0n) is 9.07. The zero-order chi connectivity index (χ0) is 10.9. The zero-order valence-corrected chi connectivity index (χ0v) is 9.07. The molecule has 1 aliphatic carbocycles. The lowest BCUT2D eigenvalue weighted by Gasteiger charge is -2.26. The van der Waals surface area contributed by atoms with Crippen LogP contribution in [-0.2, 0) is 14.3 Å². The first-order chi connectivity index (χ1) is 7.10. The third kappa shape index (κ3) is 2.49. The molecular formula is C11H18O4. The summed E-state index contributed by atoms with van der Waals surface area (Å²) in [4.78, 5) is 10.5. The highest BCUT2D eigenvalue weighted by Gasteiger charge is 2.46. The fourth-order valence-corrected chi connectivity index (χ4v) is 2.52. The van der Waals surface area contributed by atoms with Crippen molar-refractivity contribution in [1.29, 1.82) is 0 Å². The summed E-state index contributed by atoms with van der Waals surface area (Å²) in [5.41, 5.74) is 0.192. The first-order valence-electron chi connectivity index (χ1n) is 5.55. The van der Waals surface area contributed by atoms with Gasteiger partial charge in [-0.05, 0) is 26.2 Å². The Bertz CT molecular complexity index is 243. The minimum absolute atomic E-state index is 0.0837. The third-order valence-electron chi connectivity index (χ3n) is 3.42. The molecule has 0 aromatic carbocycles. The van der Waals surface area contributed by atoms with Crippen LogP contribution in [0.3, 0.4) is 0 Å². The van der Waals surface area contributed by atoms with E-state index in [-0.39, 0.29) is 17.9 Å². The van der Waals surface area contributed by atoms with Gasteiger partial charge in [0.25, 0.3) is 0 Å². The normalized spacial score (nSPS) is 35.7. The summed E-state index contributed by atoms with van der Waals surface area (Å²) in [5.74, 6) is -0.799. The second kappa shape index (κ2) is 4.10. The quantitative estimate of drug-likeness (QED) is 0.752. The lowest BCUT2D eigenvalue weighted by Crippen LogP contribution is -2.29. The van der Waals surface area contributed by atoms with E-state index in [1.54, 1.807) is 0 Å². The van der Waals surface area contributed by atoms with Gasteiger partial charge in [-0.25, -0.2) is 0 Å². The van der Waals surface area contributed by atoms with Gasteiger partial charge in [0.2, 0.25) is 0 Å².